The van der Waals surface area contributed by atoms with Gasteiger partial charge in [-0.3, -0.25) is 9.78 Å². The largest absolute Gasteiger partial charge is 0.357 e. The monoisotopic (exact) mass is 234 g/mol. The molecule has 0 saturated carbocycles. The van der Waals surface area contributed by atoms with Crippen molar-refractivity contribution in [2.75, 3.05) is 18.0 Å². The second-order valence-electron chi connectivity index (χ2n) is 4.12. The Balaban J connectivity index is 2.21. The van der Waals surface area contributed by atoms with Crippen molar-refractivity contribution in [1.29, 1.82) is 0 Å². The minimum Gasteiger partial charge on any atom is -0.357 e. The van der Waals surface area contributed by atoms with Gasteiger partial charge < -0.3 is 16.0 Å². The summed E-state index contributed by atoms with van der Waals surface area (Å²) in [5.74, 6) is 0.0988. The number of carbonyl (C=O) groups excluding carboxylic acids is 1. The summed E-state index contributed by atoms with van der Waals surface area (Å²) in [5, 5.41) is 2.88. The Hall–Kier alpha value is -1.62. The Bertz CT molecular complexity index is 390. The minimum atomic E-state index is -0.0886. The molecule has 5 heteroatoms. The van der Waals surface area contributed by atoms with E-state index in [1.807, 2.05) is 19.1 Å². The van der Waals surface area contributed by atoms with Crippen LogP contribution in [0.3, 0.4) is 0 Å². The quantitative estimate of drug-likeness (QED) is 0.786. The van der Waals surface area contributed by atoms with Gasteiger partial charge in [-0.25, -0.2) is 0 Å². The van der Waals surface area contributed by atoms with Crippen molar-refractivity contribution in [1.82, 2.24) is 10.3 Å². The molecule has 1 aliphatic rings. The third-order valence-electron chi connectivity index (χ3n) is 3.07. The molecule has 1 aromatic heterocycles. The normalized spacial score (nSPS) is 20.2. The third-order valence-corrected chi connectivity index (χ3v) is 3.07. The molecule has 0 bridgehead atoms. The standard InChI is InChI=1S/C12H18N4O/c1-2-11-12(17)14-5-6-16(11)10-4-3-9(7-13)15-8-10/h3-4,8,11H,2,5-7,13H2,1H3,(H,14,17). The van der Waals surface area contributed by atoms with Crippen LogP contribution in [-0.4, -0.2) is 30.0 Å². The van der Waals surface area contributed by atoms with Gasteiger partial charge in [0.15, 0.2) is 0 Å². The zero-order valence-corrected chi connectivity index (χ0v) is 10.0. The van der Waals surface area contributed by atoms with Gasteiger partial charge in [-0.05, 0) is 18.6 Å². The molecule has 1 saturated heterocycles. The van der Waals surface area contributed by atoms with Crippen molar-refractivity contribution in [3.05, 3.63) is 24.0 Å². The Morgan fingerprint density at radius 3 is 3.00 bits per heavy atom. The lowest BCUT2D eigenvalue weighted by Crippen LogP contribution is -2.55. The fourth-order valence-corrected chi connectivity index (χ4v) is 2.14. The summed E-state index contributed by atoms with van der Waals surface area (Å²) in [4.78, 5) is 18.1. The smallest absolute Gasteiger partial charge is 0.242 e. The first kappa shape index (κ1) is 11.9. The first-order valence-electron chi connectivity index (χ1n) is 5.95. The maximum absolute atomic E-state index is 11.7. The second-order valence-corrected chi connectivity index (χ2v) is 4.12. The van der Waals surface area contributed by atoms with E-state index in [4.69, 9.17) is 5.73 Å². The fraction of sp³-hybridized carbons (Fsp3) is 0.500. The summed E-state index contributed by atoms with van der Waals surface area (Å²) >= 11 is 0. The van der Waals surface area contributed by atoms with E-state index < -0.39 is 0 Å². The second kappa shape index (κ2) is 5.14. The van der Waals surface area contributed by atoms with Gasteiger partial charge in [0.25, 0.3) is 0 Å². The lowest BCUT2D eigenvalue weighted by atomic mass is 10.1. The number of nitrogens with two attached hydrogens (primary N) is 1. The highest BCUT2D eigenvalue weighted by Gasteiger charge is 2.28. The van der Waals surface area contributed by atoms with Crippen molar-refractivity contribution in [2.24, 2.45) is 5.73 Å². The molecule has 1 aliphatic heterocycles. The molecule has 0 aliphatic carbocycles. The average molecular weight is 234 g/mol. The molecule has 1 amide bonds. The van der Waals surface area contributed by atoms with Crippen LogP contribution in [0.5, 0.6) is 0 Å². The number of carbonyl (C=O) groups is 1. The molecule has 1 aromatic rings. The molecule has 1 fully saturated rings. The van der Waals surface area contributed by atoms with Crippen LogP contribution in [0.15, 0.2) is 18.3 Å². The van der Waals surface area contributed by atoms with E-state index in [0.717, 1.165) is 24.3 Å². The fourth-order valence-electron chi connectivity index (χ4n) is 2.14. The van der Waals surface area contributed by atoms with Crippen LogP contribution in [0.4, 0.5) is 5.69 Å². The lowest BCUT2D eigenvalue weighted by Gasteiger charge is -2.36. The van der Waals surface area contributed by atoms with E-state index >= 15 is 0 Å². The number of hydrogen-bond donors (Lipinski definition) is 2. The van der Waals surface area contributed by atoms with Crippen LogP contribution in [-0.2, 0) is 11.3 Å². The van der Waals surface area contributed by atoms with Crippen molar-refractivity contribution in [2.45, 2.75) is 25.9 Å². The summed E-state index contributed by atoms with van der Waals surface area (Å²) in [5.41, 5.74) is 7.37. The predicted octanol–water partition coefficient (Wildman–Crippen LogP) is 0.255. The SMILES string of the molecule is CCC1C(=O)NCCN1c1ccc(CN)nc1. The average Bonchev–Trinajstić information content (AvgIpc) is 2.38. The number of hydrogen-bond acceptors (Lipinski definition) is 4. The highest BCUT2D eigenvalue weighted by Crippen LogP contribution is 2.19. The molecule has 1 unspecified atom stereocenters. The van der Waals surface area contributed by atoms with Crippen LogP contribution in [0.1, 0.15) is 19.0 Å². The van der Waals surface area contributed by atoms with E-state index in [9.17, 15) is 4.79 Å². The van der Waals surface area contributed by atoms with Crippen molar-refractivity contribution in [3.8, 4) is 0 Å². The van der Waals surface area contributed by atoms with Gasteiger partial charge in [0, 0.05) is 19.6 Å². The molecule has 17 heavy (non-hydrogen) atoms. The van der Waals surface area contributed by atoms with E-state index in [-0.39, 0.29) is 11.9 Å². The lowest BCUT2D eigenvalue weighted by molar-refractivity contribution is -0.123. The highest BCUT2D eigenvalue weighted by atomic mass is 16.2. The predicted molar refractivity (Wildman–Crippen MR) is 66.6 cm³/mol. The summed E-state index contributed by atoms with van der Waals surface area (Å²) in [6.45, 7) is 3.98. The first-order chi connectivity index (χ1) is 8.26. The molecule has 0 aromatic carbocycles. The van der Waals surface area contributed by atoms with Crippen LogP contribution in [0.25, 0.3) is 0 Å². The summed E-state index contributed by atoms with van der Waals surface area (Å²) in [6.07, 6.45) is 2.59. The molecular formula is C12H18N4O. The van der Waals surface area contributed by atoms with E-state index in [1.165, 1.54) is 0 Å². The molecule has 0 spiro atoms. The number of piperazine rings is 1. The highest BCUT2D eigenvalue weighted by molar-refractivity contribution is 5.86. The van der Waals surface area contributed by atoms with Gasteiger partial charge in [0.05, 0.1) is 17.6 Å². The van der Waals surface area contributed by atoms with Gasteiger partial charge in [-0.2, -0.15) is 0 Å². The van der Waals surface area contributed by atoms with Crippen molar-refractivity contribution >= 4 is 11.6 Å². The van der Waals surface area contributed by atoms with Crippen molar-refractivity contribution < 1.29 is 4.79 Å². The van der Waals surface area contributed by atoms with Gasteiger partial charge in [0.2, 0.25) is 5.91 Å². The summed E-state index contributed by atoms with van der Waals surface area (Å²) < 4.78 is 0. The van der Waals surface area contributed by atoms with E-state index in [1.54, 1.807) is 6.20 Å². The number of pyridine rings is 1. The Morgan fingerprint density at radius 2 is 2.41 bits per heavy atom. The third kappa shape index (κ3) is 2.39. The van der Waals surface area contributed by atoms with Crippen molar-refractivity contribution in [3.63, 3.8) is 0 Å². The maximum Gasteiger partial charge on any atom is 0.242 e. The number of rotatable bonds is 3. The van der Waals surface area contributed by atoms with Crippen LogP contribution in [0.2, 0.25) is 0 Å². The topological polar surface area (TPSA) is 71.2 Å². The van der Waals surface area contributed by atoms with Gasteiger partial charge >= 0.3 is 0 Å². The molecule has 0 radical (unpaired) electrons. The number of amides is 1. The number of anilines is 1. The molecule has 2 heterocycles. The molecule has 1 atom stereocenters. The zero-order chi connectivity index (χ0) is 12.3. The molecule has 2 rings (SSSR count). The van der Waals surface area contributed by atoms with Crippen LogP contribution in [0, 0.1) is 0 Å². The molecular weight excluding hydrogens is 216 g/mol. The zero-order valence-electron chi connectivity index (χ0n) is 10.0. The Morgan fingerprint density at radius 1 is 1.59 bits per heavy atom. The van der Waals surface area contributed by atoms with E-state index in [2.05, 4.69) is 15.2 Å². The van der Waals surface area contributed by atoms with E-state index in [0.29, 0.717) is 13.1 Å². The maximum atomic E-state index is 11.7. The molecule has 3 N–H and O–H groups in total. The first-order valence-corrected chi connectivity index (χ1v) is 5.95. The number of nitrogens with zero attached hydrogens (tertiary/aromatic N) is 2. The Labute approximate surface area is 101 Å². The van der Waals surface area contributed by atoms with Gasteiger partial charge in [-0.1, -0.05) is 6.92 Å². The van der Waals surface area contributed by atoms with Crippen LogP contribution < -0.4 is 16.0 Å². The Kier molecular flexibility index (Phi) is 3.58. The van der Waals surface area contributed by atoms with Gasteiger partial charge in [-0.15, -0.1) is 0 Å². The number of aromatic nitrogens is 1. The summed E-state index contributed by atoms with van der Waals surface area (Å²) in [6, 6.07) is 3.81. The molecule has 92 valence electrons. The number of nitrogens with one attached hydrogen (secondary N) is 1. The summed E-state index contributed by atoms with van der Waals surface area (Å²) in [7, 11) is 0. The van der Waals surface area contributed by atoms with Crippen LogP contribution >= 0.6 is 0 Å². The minimum absolute atomic E-state index is 0.0886. The van der Waals surface area contributed by atoms with Gasteiger partial charge in [0.1, 0.15) is 6.04 Å². The molecule has 5 nitrogen and oxygen atoms in total.